The lowest BCUT2D eigenvalue weighted by Gasteiger charge is -2.13. The number of thioether (sulfide) groups is 1. The van der Waals surface area contributed by atoms with Gasteiger partial charge in [-0.3, -0.25) is 14.5 Å². The van der Waals surface area contributed by atoms with E-state index in [0.29, 0.717) is 10.5 Å². The molecule has 0 aromatic heterocycles. The highest BCUT2D eigenvalue weighted by Crippen LogP contribution is 2.35. The molecule has 0 saturated carbocycles. The first-order chi connectivity index (χ1) is 14.9. The molecule has 31 heavy (non-hydrogen) atoms. The molecule has 8 heteroatoms. The minimum Gasteiger partial charge on any atom is -0.480 e. The molecule has 1 aliphatic heterocycles. The molecule has 1 saturated heterocycles. The van der Waals surface area contributed by atoms with Crippen molar-refractivity contribution in [3.05, 3.63) is 81.7 Å². The van der Waals surface area contributed by atoms with Crippen molar-refractivity contribution in [3.63, 3.8) is 0 Å². The lowest BCUT2D eigenvalue weighted by Crippen LogP contribution is -2.27. The lowest BCUT2D eigenvalue weighted by atomic mass is 10.1. The number of hydrogen-bond donors (Lipinski definition) is 1. The smallest absolute Gasteiger partial charge is 0.341 e. The van der Waals surface area contributed by atoms with Crippen molar-refractivity contribution >= 4 is 57.3 Å². The summed E-state index contributed by atoms with van der Waals surface area (Å²) in [6.07, 6.45) is 1.58. The van der Waals surface area contributed by atoms with Crippen LogP contribution in [-0.2, 0) is 16.1 Å². The molecule has 4 rings (SSSR count). The predicted molar refractivity (Wildman–Crippen MR) is 120 cm³/mol. The van der Waals surface area contributed by atoms with Gasteiger partial charge in [0.1, 0.15) is 5.75 Å². The number of ether oxygens (including phenoxy) is 1. The molecule has 1 heterocycles. The van der Waals surface area contributed by atoms with E-state index in [-0.39, 0.29) is 28.5 Å². The Kier molecular flexibility index (Phi) is 5.97. The Balaban J connectivity index is 1.51. The number of carbonyl (C=O) groups excluding carboxylic acids is 2. The number of amides is 2. The number of hydrogen-bond acceptors (Lipinski definition) is 5. The third-order valence-corrected chi connectivity index (χ3v) is 5.84. The summed E-state index contributed by atoms with van der Waals surface area (Å²) in [6, 6.07) is 18.5. The van der Waals surface area contributed by atoms with Crippen LogP contribution in [0.4, 0.5) is 4.79 Å². The minimum atomic E-state index is -1.11. The highest BCUT2D eigenvalue weighted by molar-refractivity contribution is 8.18. The van der Waals surface area contributed by atoms with Crippen LogP contribution in [0.25, 0.3) is 16.8 Å². The maximum atomic E-state index is 12.8. The van der Waals surface area contributed by atoms with Crippen molar-refractivity contribution < 1.29 is 24.2 Å². The summed E-state index contributed by atoms with van der Waals surface area (Å²) in [7, 11) is 0. The van der Waals surface area contributed by atoms with Crippen LogP contribution in [-0.4, -0.2) is 33.7 Å². The molecule has 1 N–H and O–H groups in total. The Morgan fingerprint density at radius 3 is 2.58 bits per heavy atom. The van der Waals surface area contributed by atoms with Crippen molar-refractivity contribution in [2.75, 3.05) is 6.61 Å². The average molecular weight is 454 g/mol. The van der Waals surface area contributed by atoms with E-state index in [2.05, 4.69) is 0 Å². The second-order valence-corrected chi connectivity index (χ2v) is 8.22. The van der Waals surface area contributed by atoms with Gasteiger partial charge in [0.2, 0.25) is 0 Å². The van der Waals surface area contributed by atoms with Gasteiger partial charge in [-0.2, -0.15) is 0 Å². The molecule has 156 valence electrons. The quantitative estimate of drug-likeness (QED) is 0.517. The molecule has 0 atom stereocenters. The molecular weight excluding hydrogens is 438 g/mol. The maximum absolute atomic E-state index is 12.8. The fraction of sp³-hybridized carbons (Fsp3) is 0.0870. The van der Waals surface area contributed by atoms with E-state index < -0.39 is 12.6 Å². The first-order valence-corrected chi connectivity index (χ1v) is 10.5. The van der Waals surface area contributed by atoms with Gasteiger partial charge in [-0.1, -0.05) is 54.1 Å². The Morgan fingerprint density at radius 2 is 1.84 bits per heavy atom. The van der Waals surface area contributed by atoms with Gasteiger partial charge in [-0.15, -0.1) is 0 Å². The fourth-order valence-corrected chi connectivity index (χ4v) is 4.25. The van der Waals surface area contributed by atoms with Gasteiger partial charge in [0.25, 0.3) is 11.1 Å². The van der Waals surface area contributed by atoms with E-state index in [4.69, 9.17) is 21.4 Å². The molecular formula is C23H16ClNO5S. The second kappa shape index (κ2) is 8.83. The summed E-state index contributed by atoms with van der Waals surface area (Å²) in [6.45, 7) is -0.317. The van der Waals surface area contributed by atoms with Gasteiger partial charge >= 0.3 is 5.97 Å². The van der Waals surface area contributed by atoms with E-state index in [9.17, 15) is 14.4 Å². The molecule has 0 unspecified atom stereocenters. The van der Waals surface area contributed by atoms with Gasteiger partial charge in [0, 0.05) is 0 Å². The third kappa shape index (κ3) is 4.73. The molecule has 2 amide bonds. The third-order valence-electron chi connectivity index (χ3n) is 4.63. The van der Waals surface area contributed by atoms with Crippen molar-refractivity contribution in [3.8, 4) is 5.75 Å². The van der Waals surface area contributed by atoms with Gasteiger partial charge in [-0.05, 0) is 57.9 Å². The van der Waals surface area contributed by atoms with Crippen molar-refractivity contribution in [1.82, 2.24) is 4.90 Å². The van der Waals surface area contributed by atoms with Gasteiger partial charge in [0.05, 0.1) is 16.5 Å². The Bertz CT molecular complexity index is 1240. The SMILES string of the molecule is O=C(O)COc1ccc(/C=C2\SC(=O)N(Cc3ccc4ccccc4c3)C2=O)cc1Cl. The van der Waals surface area contributed by atoms with E-state index in [1.165, 1.54) is 11.0 Å². The average Bonchev–Trinajstić information content (AvgIpc) is 3.00. The summed E-state index contributed by atoms with van der Waals surface area (Å²) >= 11 is 7.00. The molecule has 3 aromatic rings. The zero-order valence-corrected chi connectivity index (χ0v) is 17.7. The number of carboxylic acid groups (broad SMARTS) is 1. The van der Waals surface area contributed by atoms with E-state index in [0.717, 1.165) is 28.1 Å². The van der Waals surface area contributed by atoms with Crippen molar-refractivity contribution in [2.45, 2.75) is 6.54 Å². The molecule has 1 fully saturated rings. The van der Waals surface area contributed by atoms with Gasteiger partial charge in [0.15, 0.2) is 6.61 Å². The Morgan fingerprint density at radius 1 is 1.06 bits per heavy atom. The van der Waals surface area contributed by atoms with E-state index >= 15 is 0 Å². The summed E-state index contributed by atoms with van der Waals surface area (Å²) in [5.41, 5.74) is 1.47. The van der Waals surface area contributed by atoms with E-state index in [1.807, 2.05) is 42.5 Å². The molecule has 6 nitrogen and oxygen atoms in total. The van der Waals surface area contributed by atoms with Crippen molar-refractivity contribution in [2.24, 2.45) is 0 Å². The number of rotatable bonds is 6. The molecule has 0 radical (unpaired) electrons. The number of benzene rings is 3. The normalized spacial score (nSPS) is 15.1. The second-order valence-electron chi connectivity index (χ2n) is 6.82. The number of imide groups is 1. The van der Waals surface area contributed by atoms with E-state index in [1.54, 1.807) is 18.2 Å². The predicted octanol–water partition coefficient (Wildman–Crippen LogP) is 5.19. The van der Waals surface area contributed by atoms with Crippen LogP contribution in [0.5, 0.6) is 5.75 Å². The largest absolute Gasteiger partial charge is 0.480 e. The highest BCUT2D eigenvalue weighted by Gasteiger charge is 2.35. The lowest BCUT2D eigenvalue weighted by molar-refractivity contribution is -0.139. The monoisotopic (exact) mass is 453 g/mol. The highest BCUT2D eigenvalue weighted by atomic mass is 35.5. The summed E-state index contributed by atoms with van der Waals surface area (Å²) in [5.74, 6) is -1.25. The number of aliphatic carboxylic acids is 1. The maximum Gasteiger partial charge on any atom is 0.341 e. The Labute approximate surface area is 187 Å². The first kappa shape index (κ1) is 21.0. The molecule has 1 aliphatic rings. The number of nitrogens with zero attached hydrogens (tertiary/aromatic N) is 1. The van der Waals surface area contributed by atoms with Crippen LogP contribution in [0.1, 0.15) is 11.1 Å². The van der Waals surface area contributed by atoms with Crippen molar-refractivity contribution in [1.29, 1.82) is 0 Å². The summed E-state index contributed by atoms with van der Waals surface area (Å²) in [4.78, 5) is 37.4. The molecule has 3 aromatic carbocycles. The topological polar surface area (TPSA) is 83.9 Å². The Hall–Kier alpha value is -3.29. The standard InChI is InChI=1S/C23H16ClNO5S/c24-18-10-14(6-8-19(18)30-13-21(26)27)11-20-22(28)25(23(29)31-20)12-15-5-7-16-3-1-2-4-17(16)9-15/h1-11H,12-13H2,(H,26,27)/b20-11-. The molecule has 0 aliphatic carbocycles. The zero-order valence-electron chi connectivity index (χ0n) is 16.1. The van der Waals surface area contributed by atoms with Crippen LogP contribution in [0.15, 0.2) is 65.6 Å². The number of halogens is 1. The van der Waals surface area contributed by atoms with Gasteiger partial charge < -0.3 is 9.84 Å². The summed E-state index contributed by atoms with van der Waals surface area (Å²) < 4.78 is 5.09. The van der Waals surface area contributed by atoms with Crippen LogP contribution in [0.3, 0.4) is 0 Å². The number of carbonyl (C=O) groups is 3. The molecule has 0 bridgehead atoms. The minimum absolute atomic E-state index is 0.190. The van der Waals surface area contributed by atoms with Crippen LogP contribution in [0.2, 0.25) is 5.02 Å². The number of fused-ring (bicyclic) bond motifs is 1. The number of carboxylic acids is 1. The zero-order chi connectivity index (χ0) is 22.0. The van der Waals surface area contributed by atoms with Gasteiger partial charge in [-0.25, -0.2) is 4.79 Å². The fourth-order valence-electron chi connectivity index (χ4n) is 3.17. The van der Waals surface area contributed by atoms with Crippen LogP contribution in [0, 0.1) is 0 Å². The first-order valence-electron chi connectivity index (χ1n) is 9.28. The summed E-state index contributed by atoms with van der Waals surface area (Å²) in [5, 5.41) is 10.7. The van der Waals surface area contributed by atoms with Crippen LogP contribution < -0.4 is 4.74 Å². The molecule has 0 spiro atoms. The van der Waals surface area contributed by atoms with Crippen LogP contribution >= 0.6 is 23.4 Å².